The molecule has 0 saturated heterocycles. The van der Waals surface area contributed by atoms with Crippen LogP contribution in [0.4, 0.5) is 4.79 Å². The number of benzene rings is 2. The van der Waals surface area contributed by atoms with Crippen LogP contribution in [0.1, 0.15) is 24.1 Å². The summed E-state index contributed by atoms with van der Waals surface area (Å²) in [5.74, 6) is 2.23. The molecule has 0 spiro atoms. The van der Waals surface area contributed by atoms with Gasteiger partial charge in [-0.25, -0.2) is 4.79 Å². The molecule has 0 fully saturated rings. The largest absolute Gasteiger partial charge is 0.497 e. The number of hydrogen-bond donors (Lipinski definition) is 2. The molecule has 0 saturated carbocycles. The van der Waals surface area contributed by atoms with Gasteiger partial charge in [-0.05, 0) is 42.3 Å². The molecule has 2 aromatic carbocycles. The third kappa shape index (κ3) is 4.35. The molecule has 25 heavy (non-hydrogen) atoms. The second-order valence-electron chi connectivity index (χ2n) is 5.80. The van der Waals surface area contributed by atoms with E-state index in [1.54, 1.807) is 7.11 Å². The quantitative estimate of drug-likeness (QED) is 0.876. The second kappa shape index (κ2) is 7.79. The fraction of sp³-hybridized carbons (Fsp3) is 0.316. The van der Waals surface area contributed by atoms with Gasteiger partial charge in [0.25, 0.3) is 0 Å². The van der Waals surface area contributed by atoms with Crippen molar-refractivity contribution in [3.63, 3.8) is 0 Å². The van der Waals surface area contributed by atoms with Crippen LogP contribution in [0.15, 0.2) is 42.5 Å². The van der Waals surface area contributed by atoms with Gasteiger partial charge in [-0.2, -0.15) is 0 Å². The van der Waals surface area contributed by atoms with E-state index in [1.165, 1.54) is 0 Å². The Morgan fingerprint density at radius 1 is 1.16 bits per heavy atom. The topological polar surface area (TPSA) is 68.8 Å². The van der Waals surface area contributed by atoms with Crippen molar-refractivity contribution in [3.05, 3.63) is 53.6 Å². The molecular weight excluding hydrogens is 320 g/mol. The second-order valence-corrected chi connectivity index (χ2v) is 5.80. The zero-order chi connectivity index (χ0) is 17.6. The summed E-state index contributed by atoms with van der Waals surface area (Å²) in [7, 11) is 1.62. The van der Waals surface area contributed by atoms with Crippen molar-refractivity contribution in [2.24, 2.45) is 0 Å². The SMILES string of the molecule is COc1cccc(CNC(=O)N[C@@H](C)c2ccc3c(c2)OCCO3)c1. The van der Waals surface area contributed by atoms with Crippen LogP contribution in [0.5, 0.6) is 17.2 Å². The van der Waals surface area contributed by atoms with Crippen molar-refractivity contribution in [1.29, 1.82) is 0 Å². The van der Waals surface area contributed by atoms with Gasteiger partial charge in [0.05, 0.1) is 13.2 Å². The lowest BCUT2D eigenvalue weighted by Crippen LogP contribution is -2.36. The van der Waals surface area contributed by atoms with Crippen molar-refractivity contribution in [2.45, 2.75) is 19.5 Å². The maximum atomic E-state index is 12.1. The van der Waals surface area contributed by atoms with Gasteiger partial charge in [0.1, 0.15) is 19.0 Å². The molecule has 1 aliphatic rings. The fourth-order valence-electron chi connectivity index (χ4n) is 2.63. The summed E-state index contributed by atoms with van der Waals surface area (Å²) in [6.45, 7) is 3.46. The van der Waals surface area contributed by atoms with Crippen LogP contribution in [0, 0.1) is 0 Å². The minimum absolute atomic E-state index is 0.152. The minimum Gasteiger partial charge on any atom is -0.497 e. The van der Waals surface area contributed by atoms with Crippen molar-refractivity contribution in [2.75, 3.05) is 20.3 Å². The Balaban J connectivity index is 1.55. The predicted octanol–water partition coefficient (Wildman–Crippen LogP) is 3.03. The Kier molecular flexibility index (Phi) is 5.28. The van der Waals surface area contributed by atoms with Gasteiger partial charge in [0.15, 0.2) is 11.5 Å². The molecule has 1 atom stereocenters. The van der Waals surface area contributed by atoms with E-state index in [9.17, 15) is 4.79 Å². The summed E-state index contributed by atoms with van der Waals surface area (Å²) < 4.78 is 16.3. The van der Waals surface area contributed by atoms with Crippen LogP contribution < -0.4 is 24.8 Å². The molecule has 6 heteroatoms. The molecule has 1 heterocycles. The molecule has 3 rings (SSSR count). The Morgan fingerprint density at radius 2 is 1.96 bits per heavy atom. The number of ether oxygens (including phenoxy) is 3. The summed E-state index contributed by atoms with van der Waals surface area (Å²) in [5.41, 5.74) is 1.93. The van der Waals surface area contributed by atoms with Gasteiger partial charge in [0, 0.05) is 6.54 Å². The highest BCUT2D eigenvalue weighted by atomic mass is 16.6. The molecule has 2 N–H and O–H groups in total. The van der Waals surface area contributed by atoms with Gasteiger partial charge in [-0.1, -0.05) is 18.2 Å². The van der Waals surface area contributed by atoms with E-state index < -0.39 is 0 Å². The number of hydrogen-bond acceptors (Lipinski definition) is 4. The van der Waals surface area contributed by atoms with Crippen LogP contribution in [0.25, 0.3) is 0 Å². The van der Waals surface area contributed by atoms with Crippen LogP contribution in [-0.2, 0) is 6.54 Å². The van der Waals surface area contributed by atoms with E-state index in [0.717, 1.165) is 22.6 Å². The Morgan fingerprint density at radius 3 is 2.76 bits per heavy atom. The Labute approximate surface area is 147 Å². The van der Waals surface area contributed by atoms with E-state index in [0.29, 0.717) is 25.5 Å². The van der Waals surface area contributed by atoms with E-state index >= 15 is 0 Å². The highest BCUT2D eigenvalue weighted by Crippen LogP contribution is 2.32. The van der Waals surface area contributed by atoms with E-state index in [4.69, 9.17) is 14.2 Å². The fourth-order valence-corrected chi connectivity index (χ4v) is 2.63. The highest BCUT2D eigenvalue weighted by molar-refractivity contribution is 5.74. The summed E-state index contributed by atoms with van der Waals surface area (Å²) in [5, 5.41) is 5.78. The number of methoxy groups -OCH3 is 1. The first-order valence-electron chi connectivity index (χ1n) is 8.22. The number of carbonyl (C=O) groups excluding carboxylic acids is 1. The molecule has 2 amide bonds. The van der Waals surface area contributed by atoms with Crippen molar-refractivity contribution < 1.29 is 19.0 Å². The van der Waals surface area contributed by atoms with Gasteiger partial charge >= 0.3 is 6.03 Å². The molecule has 0 aromatic heterocycles. The maximum absolute atomic E-state index is 12.1. The first-order chi connectivity index (χ1) is 12.2. The lowest BCUT2D eigenvalue weighted by molar-refractivity contribution is 0.171. The van der Waals surface area contributed by atoms with Crippen molar-refractivity contribution in [3.8, 4) is 17.2 Å². The van der Waals surface area contributed by atoms with Crippen LogP contribution in [-0.4, -0.2) is 26.4 Å². The molecule has 0 bridgehead atoms. The third-order valence-corrected chi connectivity index (χ3v) is 4.00. The van der Waals surface area contributed by atoms with Gasteiger partial charge < -0.3 is 24.8 Å². The highest BCUT2D eigenvalue weighted by Gasteiger charge is 2.15. The predicted molar refractivity (Wildman–Crippen MR) is 94.2 cm³/mol. The number of carbonyl (C=O) groups is 1. The number of nitrogens with one attached hydrogen (secondary N) is 2. The third-order valence-electron chi connectivity index (χ3n) is 4.00. The average molecular weight is 342 g/mol. The molecule has 2 aromatic rings. The zero-order valence-electron chi connectivity index (χ0n) is 14.4. The van der Waals surface area contributed by atoms with E-state index in [2.05, 4.69) is 10.6 Å². The first kappa shape index (κ1) is 17.0. The Bertz CT molecular complexity index is 748. The normalized spacial score (nSPS) is 13.7. The van der Waals surface area contributed by atoms with Gasteiger partial charge in [-0.15, -0.1) is 0 Å². The Hall–Kier alpha value is -2.89. The maximum Gasteiger partial charge on any atom is 0.315 e. The minimum atomic E-state index is -0.231. The zero-order valence-corrected chi connectivity index (χ0v) is 14.4. The number of urea groups is 1. The summed E-state index contributed by atoms with van der Waals surface area (Å²) in [4.78, 5) is 12.1. The lowest BCUT2D eigenvalue weighted by atomic mass is 10.1. The summed E-state index contributed by atoms with van der Waals surface area (Å²) in [6.07, 6.45) is 0. The van der Waals surface area contributed by atoms with Crippen LogP contribution in [0.2, 0.25) is 0 Å². The molecular formula is C19H22N2O4. The number of rotatable bonds is 5. The summed E-state index contributed by atoms with van der Waals surface area (Å²) in [6, 6.07) is 12.9. The first-order valence-corrected chi connectivity index (χ1v) is 8.22. The van der Waals surface area contributed by atoms with Crippen molar-refractivity contribution in [1.82, 2.24) is 10.6 Å². The summed E-state index contributed by atoms with van der Waals surface area (Å²) >= 11 is 0. The molecule has 0 aliphatic carbocycles. The molecule has 6 nitrogen and oxygen atoms in total. The number of fused-ring (bicyclic) bond motifs is 1. The van der Waals surface area contributed by atoms with E-state index in [1.807, 2.05) is 49.4 Å². The number of amides is 2. The average Bonchev–Trinajstić information content (AvgIpc) is 2.66. The molecule has 1 aliphatic heterocycles. The lowest BCUT2D eigenvalue weighted by Gasteiger charge is -2.21. The van der Waals surface area contributed by atoms with Crippen LogP contribution >= 0.6 is 0 Å². The molecule has 132 valence electrons. The van der Waals surface area contributed by atoms with Gasteiger partial charge in [-0.3, -0.25) is 0 Å². The monoisotopic (exact) mass is 342 g/mol. The van der Waals surface area contributed by atoms with E-state index in [-0.39, 0.29) is 12.1 Å². The van der Waals surface area contributed by atoms with Gasteiger partial charge in [0.2, 0.25) is 0 Å². The van der Waals surface area contributed by atoms with Crippen LogP contribution in [0.3, 0.4) is 0 Å². The molecule has 0 unspecified atom stereocenters. The van der Waals surface area contributed by atoms with Crippen molar-refractivity contribution >= 4 is 6.03 Å². The standard InChI is InChI=1S/C19H22N2O4/c1-13(15-6-7-17-18(11-15)25-9-8-24-17)21-19(22)20-12-14-4-3-5-16(10-14)23-2/h3-7,10-11,13H,8-9,12H2,1-2H3,(H2,20,21,22)/t13-/m0/s1. The smallest absolute Gasteiger partial charge is 0.315 e. The molecule has 0 radical (unpaired) electrons.